The second-order valence-electron chi connectivity index (χ2n) is 5.43. The molecule has 6 nitrogen and oxygen atoms in total. The van der Waals surface area contributed by atoms with Gasteiger partial charge in [-0.2, -0.15) is 0 Å². The molecule has 1 atom stereocenters. The number of aliphatic hydroxyl groups is 1. The molecule has 0 radical (unpaired) electrons. The van der Waals surface area contributed by atoms with Crippen LogP contribution in [-0.4, -0.2) is 17.3 Å². The molecule has 7 heteroatoms. The second kappa shape index (κ2) is 10.8. The minimum absolute atomic E-state index is 0.106. The summed E-state index contributed by atoms with van der Waals surface area (Å²) in [6, 6.07) is 0. The lowest BCUT2D eigenvalue weighted by Gasteiger charge is -2.26. The first-order chi connectivity index (χ1) is 8.52. The molecule has 0 aromatic carbocycles. The molecule has 1 unspecified atom stereocenters. The molecule has 0 aliphatic carbocycles. The maximum atomic E-state index is 8.97. The van der Waals surface area contributed by atoms with Crippen molar-refractivity contribution in [2.45, 2.75) is 64.8 Å². The zero-order valence-corrected chi connectivity index (χ0v) is 12.9. The van der Waals surface area contributed by atoms with E-state index in [1.807, 2.05) is 0 Å². The molecule has 0 rings (SSSR count). The Balaban J connectivity index is 0. The van der Waals surface area contributed by atoms with Crippen LogP contribution in [0.3, 0.4) is 0 Å². The van der Waals surface area contributed by atoms with Crippen LogP contribution in [0.5, 0.6) is 0 Å². The zero-order chi connectivity index (χ0) is 15.5. The van der Waals surface area contributed by atoms with E-state index in [1.165, 1.54) is 32.1 Å². The molecule has 0 amide bonds. The third-order valence-electron chi connectivity index (χ3n) is 2.99. The zero-order valence-electron chi connectivity index (χ0n) is 12.2. The third-order valence-corrected chi connectivity index (χ3v) is 2.99. The summed E-state index contributed by atoms with van der Waals surface area (Å²) in [6.07, 6.45) is 7.37. The molecule has 0 aliphatic rings. The Labute approximate surface area is 118 Å². The first kappa shape index (κ1) is 21.4. The Kier molecular flexibility index (Phi) is 12.1. The highest BCUT2D eigenvalue weighted by molar-refractivity contribution is 4.75. The Bertz CT molecular complexity index is 197. The normalized spacial score (nSPS) is 13.7. The van der Waals surface area contributed by atoms with Gasteiger partial charge in [-0.15, -0.1) is 10.2 Å². The van der Waals surface area contributed by atoms with Crippen molar-refractivity contribution in [2.24, 2.45) is 5.92 Å². The third kappa shape index (κ3) is 20.5. The predicted octanol–water partition coefficient (Wildman–Crippen LogP) is -2.78. The summed E-state index contributed by atoms with van der Waals surface area (Å²) < 4.78 is 34.0. The van der Waals surface area contributed by atoms with Crippen LogP contribution in [0, 0.1) is 16.2 Å². The summed E-state index contributed by atoms with van der Waals surface area (Å²) in [4.78, 5) is 0. The molecule has 0 aromatic heterocycles. The highest BCUT2D eigenvalue weighted by atomic mass is 35.7. The lowest BCUT2D eigenvalue weighted by molar-refractivity contribution is -2.00. The summed E-state index contributed by atoms with van der Waals surface area (Å²) in [5.74, 6) is 0.573. The van der Waals surface area contributed by atoms with Crippen LogP contribution >= 0.6 is 0 Å². The maximum absolute atomic E-state index is 8.97. The van der Waals surface area contributed by atoms with E-state index in [4.69, 9.17) is 23.7 Å². The van der Waals surface area contributed by atoms with E-state index in [0.29, 0.717) is 12.5 Å². The fourth-order valence-corrected chi connectivity index (χ4v) is 1.90. The van der Waals surface area contributed by atoms with Gasteiger partial charge in [-0.1, -0.05) is 32.6 Å². The van der Waals surface area contributed by atoms with E-state index < -0.39 is 10.2 Å². The maximum Gasteiger partial charge on any atom is 0.0918 e. The number of quaternary nitrogens is 1. The molecular formula is C12H28ClNO5. The Morgan fingerprint density at radius 1 is 1.05 bits per heavy atom. The molecule has 0 fully saturated rings. The van der Waals surface area contributed by atoms with Gasteiger partial charge in [0.1, 0.15) is 0 Å². The monoisotopic (exact) mass is 301 g/mol. The van der Waals surface area contributed by atoms with Gasteiger partial charge in [0.15, 0.2) is 0 Å². The number of hydrogen-bond donors (Lipinski definition) is 2. The predicted molar refractivity (Wildman–Crippen MR) is 60.9 cm³/mol. The van der Waals surface area contributed by atoms with E-state index in [1.54, 1.807) is 0 Å². The van der Waals surface area contributed by atoms with Crippen molar-refractivity contribution in [2.75, 3.05) is 6.61 Å². The molecule has 0 spiro atoms. The van der Waals surface area contributed by atoms with Crippen LogP contribution in [-0.2, 0) is 0 Å². The van der Waals surface area contributed by atoms with Crippen molar-refractivity contribution >= 4 is 0 Å². The molecule has 0 bridgehead atoms. The van der Waals surface area contributed by atoms with Gasteiger partial charge in [0.25, 0.3) is 0 Å². The molecule has 0 aliphatic heterocycles. The average molecular weight is 302 g/mol. The molecule has 118 valence electrons. The van der Waals surface area contributed by atoms with Crippen molar-refractivity contribution in [1.82, 2.24) is 0 Å². The van der Waals surface area contributed by atoms with Crippen LogP contribution in [0.15, 0.2) is 0 Å². The largest absolute Gasteiger partial charge is 0.396 e. The van der Waals surface area contributed by atoms with Crippen LogP contribution < -0.4 is 24.4 Å². The molecule has 0 heterocycles. The lowest BCUT2D eigenvalue weighted by atomic mass is 9.82. The average Bonchev–Trinajstić information content (AvgIpc) is 2.18. The summed E-state index contributed by atoms with van der Waals surface area (Å²) in [5.41, 5.74) is 4.28. The van der Waals surface area contributed by atoms with E-state index in [0.717, 1.165) is 6.42 Å². The fraction of sp³-hybridized carbons (Fsp3) is 1.00. The van der Waals surface area contributed by atoms with E-state index >= 15 is 0 Å². The highest BCUT2D eigenvalue weighted by Crippen LogP contribution is 2.22. The summed E-state index contributed by atoms with van der Waals surface area (Å²) in [6.45, 7) is 6.88. The highest BCUT2D eigenvalue weighted by Gasteiger charge is 2.27. The lowest BCUT2D eigenvalue weighted by Crippen LogP contribution is -2.72. The number of hydrogen-bond acceptors (Lipinski definition) is 5. The van der Waals surface area contributed by atoms with Gasteiger partial charge in [-0.25, -0.2) is 18.6 Å². The number of aliphatic hydroxyl groups excluding tert-OH is 1. The van der Waals surface area contributed by atoms with Gasteiger partial charge >= 0.3 is 0 Å². The molecule has 0 saturated carbocycles. The van der Waals surface area contributed by atoms with Crippen LogP contribution in [0.25, 0.3) is 0 Å². The fourth-order valence-electron chi connectivity index (χ4n) is 1.90. The first-order valence-corrected chi connectivity index (χ1v) is 7.83. The van der Waals surface area contributed by atoms with Crippen molar-refractivity contribution in [3.8, 4) is 0 Å². The van der Waals surface area contributed by atoms with Gasteiger partial charge in [-0.05, 0) is 26.7 Å². The Hall–Kier alpha value is 0.0500. The Morgan fingerprint density at radius 3 is 1.84 bits per heavy atom. The first-order valence-electron chi connectivity index (χ1n) is 6.60. The number of rotatable bonds is 8. The van der Waals surface area contributed by atoms with E-state index in [9.17, 15) is 0 Å². The van der Waals surface area contributed by atoms with Gasteiger partial charge < -0.3 is 10.8 Å². The van der Waals surface area contributed by atoms with Gasteiger partial charge in [0, 0.05) is 12.5 Å². The van der Waals surface area contributed by atoms with E-state index in [2.05, 4.69) is 26.5 Å². The number of halogens is 1. The van der Waals surface area contributed by atoms with Gasteiger partial charge in [-0.3, -0.25) is 0 Å². The van der Waals surface area contributed by atoms with Crippen LogP contribution in [0.1, 0.15) is 59.3 Å². The summed E-state index contributed by atoms with van der Waals surface area (Å²) in [7, 11) is -4.94. The quantitative estimate of drug-likeness (QED) is 0.467. The van der Waals surface area contributed by atoms with Crippen LogP contribution in [0.2, 0.25) is 0 Å². The SMILES string of the molecule is CCCCCCC(CCO)C(C)(C)[NH3+].[O-][Cl+3]([O-])([O-])[O-]. The molecule has 19 heavy (non-hydrogen) atoms. The van der Waals surface area contributed by atoms with Crippen molar-refractivity contribution in [1.29, 1.82) is 0 Å². The topological polar surface area (TPSA) is 140 Å². The van der Waals surface area contributed by atoms with E-state index in [-0.39, 0.29) is 5.54 Å². The van der Waals surface area contributed by atoms with Crippen molar-refractivity contribution in [3.05, 3.63) is 0 Å². The Morgan fingerprint density at radius 2 is 1.53 bits per heavy atom. The second-order valence-corrected chi connectivity index (χ2v) is 6.18. The minimum atomic E-state index is -4.94. The molecule has 0 aromatic rings. The summed E-state index contributed by atoms with van der Waals surface area (Å²) >= 11 is 0. The van der Waals surface area contributed by atoms with Crippen molar-refractivity contribution < 1.29 is 39.7 Å². The smallest absolute Gasteiger partial charge is 0.0918 e. The van der Waals surface area contributed by atoms with Crippen molar-refractivity contribution in [3.63, 3.8) is 0 Å². The summed E-state index contributed by atoms with van der Waals surface area (Å²) in [5, 5.41) is 8.97. The standard InChI is InChI=1S/C12H27NO.ClHO4/c1-4-5-6-7-8-11(9-10-14)12(2,3)13;2-1(3,4)5/h11,14H,4-10,13H2,1-3H3;(H,2,3,4,5). The molecule has 0 saturated heterocycles. The van der Waals surface area contributed by atoms with Gasteiger partial charge in [0.05, 0.1) is 5.54 Å². The number of unbranched alkanes of at least 4 members (excludes halogenated alkanes) is 3. The molecular weight excluding hydrogens is 274 g/mol. The molecule has 4 N–H and O–H groups in total. The minimum Gasteiger partial charge on any atom is -0.396 e. The van der Waals surface area contributed by atoms with Crippen LogP contribution in [0.4, 0.5) is 0 Å². The van der Waals surface area contributed by atoms with Gasteiger partial charge in [0.2, 0.25) is 0 Å².